The van der Waals surface area contributed by atoms with Crippen molar-refractivity contribution in [3.05, 3.63) is 0 Å². The third kappa shape index (κ3) is 6.30. The zero-order chi connectivity index (χ0) is 15.9. The van der Waals surface area contributed by atoms with Crippen LogP contribution in [0.25, 0.3) is 0 Å². The first-order valence-corrected chi connectivity index (χ1v) is 9.53. The van der Waals surface area contributed by atoms with Crippen LogP contribution in [0.2, 0.25) is 0 Å². The van der Waals surface area contributed by atoms with Crippen LogP contribution in [0.3, 0.4) is 0 Å². The molecule has 0 bridgehead atoms. The van der Waals surface area contributed by atoms with Crippen molar-refractivity contribution >= 4 is 0 Å². The maximum absolute atomic E-state index is 2.60. The third-order valence-corrected chi connectivity index (χ3v) is 5.86. The van der Waals surface area contributed by atoms with E-state index in [9.17, 15) is 0 Å². The molecular formula is C20H41N. The summed E-state index contributed by atoms with van der Waals surface area (Å²) in [7, 11) is 2.31. The van der Waals surface area contributed by atoms with Crippen LogP contribution in [0.5, 0.6) is 0 Å². The molecule has 0 N–H and O–H groups in total. The second-order valence-corrected chi connectivity index (χ2v) is 8.72. The van der Waals surface area contributed by atoms with Crippen molar-refractivity contribution in [2.75, 3.05) is 7.05 Å². The van der Waals surface area contributed by atoms with Gasteiger partial charge in [0.2, 0.25) is 0 Å². The van der Waals surface area contributed by atoms with Crippen LogP contribution >= 0.6 is 0 Å². The fourth-order valence-corrected chi connectivity index (χ4v) is 4.35. The van der Waals surface area contributed by atoms with Crippen LogP contribution in [0, 0.1) is 5.92 Å². The molecule has 21 heavy (non-hydrogen) atoms. The lowest BCUT2D eigenvalue weighted by molar-refractivity contribution is -0.0321. The van der Waals surface area contributed by atoms with Gasteiger partial charge in [0.25, 0.3) is 0 Å². The van der Waals surface area contributed by atoms with Gasteiger partial charge in [0, 0.05) is 11.1 Å². The molecule has 0 amide bonds. The standard InChI is InChI=1S/C20H41N/c1-7-8-9-10-11-12-13-14-15-18-16-19(2,3)21(6)20(4,5)17-18/h18H,7-17H2,1-6H3. The van der Waals surface area contributed by atoms with Gasteiger partial charge in [0.1, 0.15) is 0 Å². The van der Waals surface area contributed by atoms with E-state index in [0.29, 0.717) is 11.1 Å². The molecule has 0 aromatic carbocycles. The van der Waals surface area contributed by atoms with Gasteiger partial charge in [0.05, 0.1) is 0 Å². The van der Waals surface area contributed by atoms with Crippen LogP contribution in [0.1, 0.15) is 105 Å². The van der Waals surface area contributed by atoms with Gasteiger partial charge in [-0.3, -0.25) is 4.90 Å². The minimum Gasteiger partial charge on any atom is -0.296 e. The van der Waals surface area contributed by atoms with Crippen LogP contribution in [-0.4, -0.2) is 23.0 Å². The lowest BCUT2D eigenvalue weighted by atomic mass is 9.72. The van der Waals surface area contributed by atoms with E-state index in [1.807, 2.05) is 0 Å². The molecule has 1 nitrogen and oxygen atoms in total. The Morgan fingerprint density at radius 1 is 0.762 bits per heavy atom. The fraction of sp³-hybridized carbons (Fsp3) is 1.00. The molecule has 1 heteroatoms. The first kappa shape index (κ1) is 19.0. The summed E-state index contributed by atoms with van der Waals surface area (Å²) < 4.78 is 0. The quantitative estimate of drug-likeness (QED) is 0.444. The Morgan fingerprint density at radius 3 is 1.67 bits per heavy atom. The van der Waals surface area contributed by atoms with E-state index in [-0.39, 0.29) is 0 Å². The van der Waals surface area contributed by atoms with Gasteiger partial charge in [-0.2, -0.15) is 0 Å². The fourth-order valence-electron chi connectivity index (χ4n) is 4.35. The van der Waals surface area contributed by atoms with E-state index in [0.717, 1.165) is 5.92 Å². The van der Waals surface area contributed by atoms with Gasteiger partial charge in [-0.05, 0) is 53.5 Å². The molecular weight excluding hydrogens is 254 g/mol. The summed E-state index contributed by atoms with van der Waals surface area (Å²) in [6.45, 7) is 12.0. The molecule has 0 aromatic heterocycles. The first-order valence-electron chi connectivity index (χ1n) is 9.53. The summed E-state index contributed by atoms with van der Waals surface area (Å²) in [6.07, 6.45) is 15.8. The Labute approximate surface area is 134 Å². The number of piperidine rings is 1. The third-order valence-electron chi connectivity index (χ3n) is 5.86. The van der Waals surface area contributed by atoms with Crippen molar-refractivity contribution in [2.45, 2.75) is 116 Å². The maximum Gasteiger partial charge on any atom is 0.0158 e. The number of nitrogens with zero attached hydrogens (tertiary/aromatic N) is 1. The van der Waals surface area contributed by atoms with Gasteiger partial charge in [-0.15, -0.1) is 0 Å². The number of hydrogen-bond donors (Lipinski definition) is 0. The molecule has 1 heterocycles. The summed E-state index contributed by atoms with van der Waals surface area (Å²) in [5, 5.41) is 0. The van der Waals surface area contributed by atoms with Gasteiger partial charge >= 0.3 is 0 Å². The van der Waals surface area contributed by atoms with Crippen LogP contribution in [0.4, 0.5) is 0 Å². The highest BCUT2D eigenvalue weighted by atomic mass is 15.2. The minimum atomic E-state index is 0.368. The second kappa shape index (κ2) is 8.56. The summed E-state index contributed by atoms with van der Waals surface area (Å²) >= 11 is 0. The average Bonchev–Trinajstić information content (AvgIpc) is 2.38. The highest BCUT2D eigenvalue weighted by Crippen LogP contribution is 2.41. The SMILES string of the molecule is CCCCCCCCCCC1CC(C)(C)N(C)C(C)(C)C1. The largest absolute Gasteiger partial charge is 0.296 e. The second-order valence-electron chi connectivity index (χ2n) is 8.72. The lowest BCUT2D eigenvalue weighted by Gasteiger charge is -2.54. The van der Waals surface area contributed by atoms with Crippen LogP contribution in [-0.2, 0) is 0 Å². The van der Waals surface area contributed by atoms with Gasteiger partial charge in [-0.1, -0.05) is 64.7 Å². The van der Waals surface area contributed by atoms with E-state index < -0.39 is 0 Å². The Balaban J connectivity index is 2.18. The number of likely N-dealkylation sites (tertiary alicyclic amines) is 1. The Hall–Kier alpha value is -0.0400. The van der Waals surface area contributed by atoms with E-state index >= 15 is 0 Å². The minimum absolute atomic E-state index is 0.368. The zero-order valence-corrected chi connectivity index (χ0v) is 15.8. The predicted molar refractivity (Wildman–Crippen MR) is 95.9 cm³/mol. The molecule has 1 rings (SSSR count). The normalized spacial score (nSPS) is 22.6. The molecule has 0 unspecified atom stereocenters. The Morgan fingerprint density at radius 2 is 1.19 bits per heavy atom. The molecule has 1 aliphatic heterocycles. The monoisotopic (exact) mass is 295 g/mol. The zero-order valence-electron chi connectivity index (χ0n) is 15.8. The molecule has 0 radical (unpaired) electrons. The smallest absolute Gasteiger partial charge is 0.0158 e. The molecule has 1 saturated heterocycles. The Kier molecular flexibility index (Phi) is 7.74. The highest BCUT2D eigenvalue weighted by molar-refractivity contribution is 4.98. The van der Waals surface area contributed by atoms with E-state index in [4.69, 9.17) is 0 Å². The first-order chi connectivity index (χ1) is 9.79. The number of unbranched alkanes of at least 4 members (excludes halogenated alkanes) is 7. The summed E-state index contributed by atoms with van der Waals surface area (Å²) in [5.74, 6) is 0.936. The summed E-state index contributed by atoms with van der Waals surface area (Å²) in [4.78, 5) is 2.60. The van der Waals surface area contributed by atoms with Crippen molar-refractivity contribution in [2.24, 2.45) is 5.92 Å². The molecule has 0 aromatic rings. The van der Waals surface area contributed by atoms with Gasteiger partial charge in [0.15, 0.2) is 0 Å². The van der Waals surface area contributed by atoms with Crippen molar-refractivity contribution in [3.63, 3.8) is 0 Å². The highest BCUT2D eigenvalue weighted by Gasteiger charge is 2.42. The molecule has 0 atom stereocenters. The van der Waals surface area contributed by atoms with E-state index in [2.05, 4.69) is 46.6 Å². The Bertz CT molecular complexity index is 262. The summed E-state index contributed by atoms with van der Waals surface area (Å²) in [6, 6.07) is 0. The molecule has 1 aliphatic rings. The molecule has 0 spiro atoms. The number of hydrogen-bond acceptors (Lipinski definition) is 1. The van der Waals surface area contributed by atoms with E-state index in [1.54, 1.807) is 0 Å². The van der Waals surface area contributed by atoms with Crippen molar-refractivity contribution < 1.29 is 0 Å². The maximum atomic E-state index is 2.60. The van der Waals surface area contributed by atoms with Crippen LogP contribution in [0.15, 0.2) is 0 Å². The molecule has 0 aliphatic carbocycles. The van der Waals surface area contributed by atoms with Crippen molar-refractivity contribution in [1.29, 1.82) is 0 Å². The van der Waals surface area contributed by atoms with Crippen molar-refractivity contribution in [1.82, 2.24) is 4.90 Å². The van der Waals surface area contributed by atoms with Crippen LogP contribution < -0.4 is 0 Å². The lowest BCUT2D eigenvalue weighted by Crippen LogP contribution is -2.58. The van der Waals surface area contributed by atoms with E-state index in [1.165, 1.54) is 70.6 Å². The topological polar surface area (TPSA) is 3.24 Å². The average molecular weight is 296 g/mol. The molecule has 0 saturated carbocycles. The summed E-state index contributed by atoms with van der Waals surface area (Å²) in [5.41, 5.74) is 0.735. The molecule has 1 fully saturated rings. The molecule has 126 valence electrons. The van der Waals surface area contributed by atoms with Crippen molar-refractivity contribution in [3.8, 4) is 0 Å². The van der Waals surface area contributed by atoms with Gasteiger partial charge < -0.3 is 0 Å². The van der Waals surface area contributed by atoms with Gasteiger partial charge in [-0.25, -0.2) is 0 Å². The predicted octanol–water partition coefficient (Wildman–Crippen LogP) is 6.42. The number of rotatable bonds is 9.